The number of para-hydroxylation sites is 1. The smallest absolute Gasteiger partial charge is 0.226 e. The van der Waals surface area contributed by atoms with Gasteiger partial charge in [-0.25, -0.2) is 0 Å². The zero-order chi connectivity index (χ0) is 13.0. The van der Waals surface area contributed by atoms with E-state index in [1.807, 2.05) is 31.3 Å². The zero-order valence-electron chi connectivity index (χ0n) is 11.0. The van der Waals surface area contributed by atoms with Gasteiger partial charge in [-0.2, -0.15) is 0 Å². The lowest BCUT2D eigenvalue weighted by Crippen LogP contribution is -2.29. The molecule has 3 heteroatoms. The molecular weight excluding hydrogens is 226 g/mol. The van der Waals surface area contributed by atoms with Crippen molar-refractivity contribution >= 4 is 16.9 Å². The number of carbonyl (C=O) groups excluding carboxylic acids is 1. The number of furan rings is 1. The second-order valence-electron chi connectivity index (χ2n) is 4.60. The molecule has 0 radical (unpaired) electrons. The molecule has 0 fully saturated rings. The highest BCUT2D eigenvalue weighted by Crippen LogP contribution is 2.21. The maximum absolute atomic E-state index is 12.0. The summed E-state index contributed by atoms with van der Waals surface area (Å²) in [6.45, 7) is 2.95. The molecule has 0 saturated carbocycles. The summed E-state index contributed by atoms with van der Waals surface area (Å²) in [4.78, 5) is 13.8. The number of carbonyl (C=O) groups is 1. The van der Waals surface area contributed by atoms with Crippen molar-refractivity contribution in [1.82, 2.24) is 4.90 Å². The van der Waals surface area contributed by atoms with E-state index in [-0.39, 0.29) is 5.91 Å². The van der Waals surface area contributed by atoms with E-state index in [1.165, 1.54) is 0 Å². The van der Waals surface area contributed by atoms with Crippen LogP contribution in [0.1, 0.15) is 25.3 Å². The molecule has 2 rings (SSSR count). The first kappa shape index (κ1) is 12.7. The monoisotopic (exact) mass is 245 g/mol. The van der Waals surface area contributed by atoms with E-state index < -0.39 is 0 Å². The molecule has 0 aliphatic carbocycles. The maximum Gasteiger partial charge on any atom is 0.226 e. The third-order valence-corrected chi connectivity index (χ3v) is 3.18. The summed E-state index contributed by atoms with van der Waals surface area (Å²) in [5.74, 6) is 0.148. The molecule has 0 aliphatic heterocycles. The van der Waals surface area contributed by atoms with Crippen LogP contribution in [0.3, 0.4) is 0 Å². The molecule has 0 saturated heterocycles. The molecule has 18 heavy (non-hydrogen) atoms. The number of likely N-dealkylation sites (N-methyl/N-ethyl adjacent to an activating group) is 1. The third kappa shape index (κ3) is 2.73. The molecule has 1 amide bonds. The lowest BCUT2D eigenvalue weighted by atomic mass is 10.1. The Hall–Kier alpha value is -1.77. The molecule has 0 spiro atoms. The Labute approximate surface area is 107 Å². The number of amides is 1. The van der Waals surface area contributed by atoms with Crippen LogP contribution in [-0.4, -0.2) is 24.4 Å². The summed E-state index contributed by atoms with van der Waals surface area (Å²) in [5.41, 5.74) is 1.82. The molecule has 1 aromatic heterocycles. The van der Waals surface area contributed by atoms with E-state index >= 15 is 0 Å². The minimum absolute atomic E-state index is 0.148. The number of hydrogen-bond acceptors (Lipinski definition) is 2. The molecule has 1 aromatic carbocycles. The van der Waals surface area contributed by atoms with E-state index in [0.29, 0.717) is 6.42 Å². The number of nitrogens with zero attached hydrogens (tertiary/aromatic N) is 1. The number of hydrogen-bond donors (Lipinski definition) is 0. The molecule has 0 N–H and O–H groups in total. The molecule has 0 unspecified atom stereocenters. The normalized spacial score (nSPS) is 10.8. The summed E-state index contributed by atoms with van der Waals surface area (Å²) in [6, 6.07) is 7.81. The van der Waals surface area contributed by atoms with Gasteiger partial charge in [0.1, 0.15) is 5.58 Å². The first-order valence-corrected chi connectivity index (χ1v) is 6.41. The van der Waals surface area contributed by atoms with Gasteiger partial charge in [-0.05, 0) is 12.5 Å². The van der Waals surface area contributed by atoms with Crippen LogP contribution in [-0.2, 0) is 11.2 Å². The summed E-state index contributed by atoms with van der Waals surface area (Å²) < 4.78 is 5.44. The first-order chi connectivity index (χ1) is 8.72. The minimum Gasteiger partial charge on any atom is -0.464 e. The largest absolute Gasteiger partial charge is 0.464 e. The SMILES string of the molecule is CCCCN(C)C(=O)Cc1coc2ccccc12. The fraction of sp³-hybridized carbons (Fsp3) is 0.400. The highest BCUT2D eigenvalue weighted by atomic mass is 16.3. The Morgan fingerprint density at radius 2 is 2.11 bits per heavy atom. The van der Waals surface area contributed by atoms with Crippen molar-refractivity contribution in [2.75, 3.05) is 13.6 Å². The van der Waals surface area contributed by atoms with Gasteiger partial charge in [-0.15, -0.1) is 0 Å². The van der Waals surface area contributed by atoms with Crippen LogP contribution in [0.2, 0.25) is 0 Å². The van der Waals surface area contributed by atoms with Gasteiger partial charge in [-0.1, -0.05) is 31.5 Å². The van der Waals surface area contributed by atoms with Crippen LogP contribution in [0.5, 0.6) is 0 Å². The molecule has 1 heterocycles. The molecule has 3 nitrogen and oxygen atoms in total. The van der Waals surface area contributed by atoms with Crippen molar-refractivity contribution in [2.45, 2.75) is 26.2 Å². The van der Waals surface area contributed by atoms with Gasteiger partial charge in [0.05, 0.1) is 12.7 Å². The quantitative estimate of drug-likeness (QED) is 0.810. The van der Waals surface area contributed by atoms with Gasteiger partial charge in [0, 0.05) is 24.5 Å². The van der Waals surface area contributed by atoms with Gasteiger partial charge in [0.15, 0.2) is 0 Å². The fourth-order valence-corrected chi connectivity index (χ4v) is 1.99. The predicted octanol–water partition coefficient (Wildman–Crippen LogP) is 3.23. The maximum atomic E-state index is 12.0. The van der Waals surface area contributed by atoms with Crippen molar-refractivity contribution in [3.8, 4) is 0 Å². The van der Waals surface area contributed by atoms with Crippen molar-refractivity contribution in [3.63, 3.8) is 0 Å². The molecule has 96 valence electrons. The van der Waals surface area contributed by atoms with Crippen LogP contribution in [0, 0.1) is 0 Å². The van der Waals surface area contributed by atoms with Crippen LogP contribution in [0.25, 0.3) is 11.0 Å². The molecular formula is C15H19NO2. The zero-order valence-corrected chi connectivity index (χ0v) is 11.0. The van der Waals surface area contributed by atoms with Crippen LogP contribution in [0.15, 0.2) is 34.9 Å². The average molecular weight is 245 g/mol. The van der Waals surface area contributed by atoms with Gasteiger partial charge in [0.2, 0.25) is 5.91 Å². The van der Waals surface area contributed by atoms with Crippen LogP contribution < -0.4 is 0 Å². The average Bonchev–Trinajstić information content (AvgIpc) is 2.79. The molecule has 0 atom stereocenters. The highest BCUT2D eigenvalue weighted by Gasteiger charge is 2.13. The minimum atomic E-state index is 0.148. The fourth-order valence-electron chi connectivity index (χ4n) is 1.99. The van der Waals surface area contributed by atoms with Gasteiger partial charge in [-0.3, -0.25) is 4.79 Å². The Morgan fingerprint density at radius 3 is 2.89 bits per heavy atom. The van der Waals surface area contributed by atoms with Crippen LogP contribution >= 0.6 is 0 Å². The van der Waals surface area contributed by atoms with E-state index in [4.69, 9.17) is 4.42 Å². The Kier molecular flexibility index (Phi) is 4.03. The summed E-state index contributed by atoms with van der Waals surface area (Å²) in [7, 11) is 1.86. The van der Waals surface area contributed by atoms with Gasteiger partial charge >= 0.3 is 0 Å². The first-order valence-electron chi connectivity index (χ1n) is 6.41. The van der Waals surface area contributed by atoms with E-state index in [2.05, 4.69) is 6.92 Å². The standard InChI is InChI=1S/C15H19NO2/c1-3-4-9-16(2)15(17)10-12-11-18-14-8-6-5-7-13(12)14/h5-8,11H,3-4,9-10H2,1-2H3. The summed E-state index contributed by atoms with van der Waals surface area (Å²) in [6.07, 6.45) is 4.26. The van der Waals surface area contributed by atoms with Crippen molar-refractivity contribution in [2.24, 2.45) is 0 Å². The topological polar surface area (TPSA) is 33.5 Å². The molecule has 0 bridgehead atoms. The highest BCUT2D eigenvalue weighted by molar-refractivity contribution is 5.87. The Bertz CT molecular complexity index is 530. The lowest BCUT2D eigenvalue weighted by molar-refractivity contribution is -0.129. The summed E-state index contributed by atoms with van der Waals surface area (Å²) >= 11 is 0. The number of rotatable bonds is 5. The third-order valence-electron chi connectivity index (χ3n) is 3.18. The second kappa shape index (κ2) is 5.71. The van der Waals surface area contributed by atoms with Crippen molar-refractivity contribution < 1.29 is 9.21 Å². The van der Waals surface area contributed by atoms with Gasteiger partial charge in [0.25, 0.3) is 0 Å². The van der Waals surface area contributed by atoms with E-state index in [1.54, 1.807) is 11.2 Å². The van der Waals surface area contributed by atoms with E-state index in [9.17, 15) is 4.79 Å². The number of benzene rings is 1. The predicted molar refractivity (Wildman–Crippen MR) is 72.5 cm³/mol. The second-order valence-corrected chi connectivity index (χ2v) is 4.60. The number of unbranched alkanes of at least 4 members (excludes halogenated alkanes) is 1. The number of fused-ring (bicyclic) bond motifs is 1. The van der Waals surface area contributed by atoms with Gasteiger partial charge < -0.3 is 9.32 Å². The van der Waals surface area contributed by atoms with Crippen LogP contribution in [0.4, 0.5) is 0 Å². The summed E-state index contributed by atoms with van der Waals surface area (Å²) in [5, 5.41) is 1.04. The van der Waals surface area contributed by atoms with E-state index in [0.717, 1.165) is 35.9 Å². The van der Waals surface area contributed by atoms with Crippen molar-refractivity contribution in [1.29, 1.82) is 0 Å². The lowest BCUT2D eigenvalue weighted by Gasteiger charge is -2.16. The Balaban J connectivity index is 2.07. The molecule has 2 aromatic rings. The Morgan fingerprint density at radius 1 is 1.33 bits per heavy atom. The van der Waals surface area contributed by atoms with Crippen molar-refractivity contribution in [3.05, 3.63) is 36.1 Å². The molecule has 0 aliphatic rings.